The van der Waals surface area contributed by atoms with Crippen molar-refractivity contribution in [3.05, 3.63) is 12.2 Å². The van der Waals surface area contributed by atoms with Gasteiger partial charge in [-0.05, 0) is 67.6 Å². The van der Waals surface area contributed by atoms with Gasteiger partial charge in [0.25, 0.3) is 0 Å². The van der Waals surface area contributed by atoms with E-state index in [2.05, 4.69) is 27.4 Å². The summed E-state index contributed by atoms with van der Waals surface area (Å²) >= 11 is 0. The molecule has 2 bridgehead atoms. The Balaban J connectivity index is 1.77. The van der Waals surface area contributed by atoms with E-state index in [0.717, 1.165) is 18.3 Å². The maximum absolute atomic E-state index is 11.0. The lowest BCUT2D eigenvalue weighted by atomic mass is 9.41. The lowest BCUT2D eigenvalue weighted by molar-refractivity contribution is -0.182. The summed E-state index contributed by atoms with van der Waals surface area (Å²) in [6.45, 7) is 11.9. The van der Waals surface area contributed by atoms with E-state index in [1.54, 1.807) is 0 Å². The zero-order chi connectivity index (χ0) is 15.0. The Morgan fingerprint density at radius 2 is 1.76 bits per heavy atom. The molecule has 4 rings (SSSR count). The van der Waals surface area contributed by atoms with Crippen LogP contribution in [0.15, 0.2) is 12.2 Å². The second-order valence-corrected chi connectivity index (χ2v) is 9.69. The predicted molar refractivity (Wildman–Crippen MR) is 86.9 cm³/mol. The van der Waals surface area contributed by atoms with Crippen LogP contribution >= 0.6 is 0 Å². The van der Waals surface area contributed by atoms with Gasteiger partial charge in [-0.1, -0.05) is 39.3 Å². The fourth-order valence-corrected chi connectivity index (χ4v) is 7.72. The van der Waals surface area contributed by atoms with Crippen LogP contribution in [0.4, 0.5) is 0 Å². The maximum Gasteiger partial charge on any atom is 0.0667 e. The normalized spacial score (nSPS) is 55.0. The number of fused-ring (bicyclic) bond motifs is 3. The van der Waals surface area contributed by atoms with Crippen LogP contribution in [0.2, 0.25) is 0 Å². The molecule has 0 radical (unpaired) electrons. The molecule has 4 fully saturated rings. The van der Waals surface area contributed by atoms with Crippen LogP contribution in [0.5, 0.6) is 0 Å². The van der Waals surface area contributed by atoms with Crippen molar-refractivity contribution in [2.75, 3.05) is 0 Å². The molecule has 0 aromatic carbocycles. The van der Waals surface area contributed by atoms with Gasteiger partial charge in [-0.25, -0.2) is 0 Å². The average Bonchev–Trinajstić information content (AvgIpc) is 2.55. The Bertz CT molecular complexity index is 478. The third-order valence-electron chi connectivity index (χ3n) is 8.48. The summed E-state index contributed by atoms with van der Waals surface area (Å²) in [5.74, 6) is 2.00. The second kappa shape index (κ2) is 4.16. The summed E-state index contributed by atoms with van der Waals surface area (Å²) in [6.07, 6.45) is 10.3. The fraction of sp³-hybridized carbons (Fsp3) is 0.900. The minimum Gasteiger partial charge on any atom is -0.392 e. The van der Waals surface area contributed by atoms with E-state index in [1.165, 1.54) is 50.5 Å². The SMILES string of the molecule is C=C1C[C@@]23CC[C@@H]4C(C)(C)CCC[C@@]4(C)[C@@H]2CC[C@@H]1[C@H]3O. The van der Waals surface area contributed by atoms with Crippen LogP contribution in [0.3, 0.4) is 0 Å². The minimum atomic E-state index is -0.0911. The summed E-state index contributed by atoms with van der Waals surface area (Å²) in [5, 5.41) is 11.0. The van der Waals surface area contributed by atoms with E-state index in [1.807, 2.05) is 0 Å². The fourth-order valence-electron chi connectivity index (χ4n) is 7.72. The van der Waals surface area contributed by atoms with Gasteiger partial charge in [0.2, 0.25) is 0 Å². The Morgan fingerprint density at radius 3 is 2.52 bits per heavy atom. The summed E-state index contributed by atoms with van der Waals surface area (Å²) in [5.41, 5.74) is 2.50. The van der Waals surface area contributed by atoms with Gasteiger partial charge in [-0.2, -0.15) is 0 Å². The van der Waals surface area contributed by atoms with Gasteiger partial charge in [0.05, 0.1) is 6.10 Å². The van der Waals surface area contributed by atoms with Crippen molar-refractivity contribution in [2.45, 2.75) is 78.2 Å². The van der Waals surface area contributed by atoms with E-state index in [4.69, 9.17) is 0 Å². The largest absolute Gasteiger partial charge is 0.392 e. The Hall–Kier alpha value is -0.300. The van der Waals surface area contributed by atoms with Gasteiger partial charge in [0, 0.05) is 11.3 Å². The molecule has 0 aliphatic heterocycles. The van der Waals surface area contributed by atoms with Gasteiger partial charge < -0.3 is 5.11 Å². The molecule has 0 saturated heterocycles. The zero-order valence-corrected chi connectivity index (χ0v) is 14.1. The molecule has 1 heteroatoms. The molecule has 0 unspecified atom stereocenters. The molecular weight excluding hydrogens is 256 g/mol. The highest BCUT2D eigenvalue weighted by Gasteiger charge is 2.66. The van der Waals surface area contributed by atoms with E-state index < -0.39 is 0 Å². The lowest BCUT2D eigenvalue weighted by Crippen LogP contribution is -2.59. The first-order valence-electron chi connectivity index (χ1n) is 9.17. The molecule has 118 valence electrons. The average molecular weight is 288 g/mol. The quantitative estimate of drug-likeness (QED) is 0.626. The van der Waals surface area contributed by atoms with Crippen LogP contribution in [0.25, 0.3) is 0 Å². The first-order valence-corrected chi connectivity index (χ1v) is 9.17. The van der Waals surface area contributed by atoms with Crippen molar-refractivity contribution in [1.82, 2.24) is 0 Å². The van der Waals surface area contributed by atoms with Gasteiger partial charge in [0.15, 0.2) is 0 Å². The Kier molecular flexibility index (Phi) is 2.83. The monoisotopic (exact) mass is 288 g/mol. The van der Waals surface area contributed by atoms with Crippen LogP contribution < -0.4 is 0 Å². The molecule has 4 aliphatic rings. The standard InChI is InChI=1S/C20H32O/c1-13-12-20-11-8-15-18(2,3)9-5-10-19(15,4)16(20)7-6-14(13)17(20)21/h14-17,21H,1,5-12H2,2-4H3/t14-,15+,16-,17+,19+,20-/m0/s1. The van der Waals surface area contributed by atoms with Crippen molar-refractivity contribution >= 4 is 0 Å². The van der Waals surface area contributed by atoms with Crippen LogP contribution in [0.1, 0.15) is 72.1 Å². The summed E-state index contributed by atoms with van der Waals surface area (Å²) < 4.78 is 0. The molecule has 4 aliphatic carbocycles. The molecule has 6 atom stereocenters. The summed E-state index contributed by atoms with van der Waals surface area (Å²) in [6, 6.07) is 0. The Labute approximate surface area is 130 Å². The van der Waals surface area contributed by atoms with E-state index in [-0.39, 0.29) is 11.5 Å². The topological polar surface area (TPSA) is 20.2 Å². The minimum absolute atomic E-state index is 0.0911. The van der Waals surface area contributed by atoms with Gasteiger partial charge in [0.1, 0.15) is 0 Å². The van der Waals surface area contributed by atoms with Crippen molar-refractivity contribution in [3.63, 3.8) is 0 Å². The first kappa shape index (κ1) is 14.3. The number of hydrogen-bond donors (Lipinski definition) is 1. The Morgan fingerprint density at radius 1 is 1.00 bits per heavy atom. The summed E-state index contributed by atoms with van der Waals surface area (Å²) in [7, 11) is 0. The number of rotatable bonds is 0. The van der Waals surface area contributed by atoms with Crippen LogP contribution in [-0.4, -0.2) is 11.2 Å². The molecule has 0 aromatic heterocycles. The van der Waals surface area contributed by atoms with Gasteiger partial charge in [-0.15, -0.1) is 0 Å². The molecule has 1 spiro atoms. The molecule has 1 nitrogen and oxygen atoms in total. The molecule has 0 amide bonds. The number of hydrogen-bond acceptors (Lipinski definition) is 1. The molecule has 0 aromatic rings. The highest BCUT2D eigenvalue weighted by Crippen LogP contribution is 2.71. The maximum atomic E-state index is 11.0. The van der Waals surface area contributed by atoms with Gasteiger partial charge in [-0.3, -0.25) is 0 Å². The van der Waals surface area contributed by atoms with Gasteiger partial charge >= 0.3 is 0 Å². The highest BCUT2D eigenvalue weighted by atomic mass is 16.3. The highest BCUT2D eigenvalue weighted by molar-refractivity contribution is 5.25. The molecule has 0 heterocycles. The van der Waals surface area contributed by atoms with Crippen LogP contribution in [0, 0.1) is 34.0 Å². The van der Waals surface area contributed by atoms with E-state index >= 15 is 0 Å². The second-order valence-electron chi connectivity index (χ2n) is 9.69. The van der Waals surface area contributed by atoms with Crippen molar-refractivity contribution < 1.29 is 5.11 Å². The van der Waals surface area contributed by atoms with Crippen molar-refractivity contribution in [1.29, 1.82) is 0 Å². The zero-order valence-electron chi connectivity index (χ0n) is 14.1. The number of aliphatic hydroxyl groups is 1. The van der Waals surface area contributed by atoms with E-state index in [9.17, 15) is 5.11 Å². The molecular formula is C20H32O. The van der Waals surface area contributed by atoms with Crippen molar-refractivity contribution in [3.8, 4) is 0 Å². The molecule has 4 saturated carbocycles. The number of aliphatic hydroxyl groups excluding tert-OH is 1. The third kappa shape index (κ3) is 1.62. The molecule has 1 N–H and O–H groups in total. The smallest absolute Gasteiger partial charge is 0.0667 e. The third-order valence-corrected chi connectivity index (χ3v) is 8.48. The lowest BCUT2D eigenvalue weighted by Gasteiger charge is -2.64. The first-order chi connectivity index (χ1) is 9.81. The molecule has 21 heavy (non-hydrogen) atoms. The summed E-state index contributed by atoms with van der Waals surface area (Å²) in [4.78, 5) is 0. The predicted octanol–water partition coefficient (Wildman–Crippen LogP) is 4.95. The van der Waals surface area contributed by atoms with E-state index in [0.29, 0.717) is 16.7 Å². The van der Waals surface area contributed by atoms with Crippen molar-refractivity contribution in [2.24, 2.45) is 34.0 Å². The van der Waals surface area contributed by atoms with Crippen LogP contribution in [-0.2, 0) is 0 Å².